The van der Waals surface area contributed by atoms with Gasteiger partial charge in [0.15, 0.2) is 0 Å². The van der Waals surface area contributed by atoms with Crippen LogP contribution in [0.4, 0.5) is 0 Å². The highest BCUT2D eigenvalue weighted by molar-refractivity contribution is 5.44. The molecule has 0 radical (unpaired) electrons. The molecule has 0 fully saturated rings. The van der Waals surface area contributed by atoms with Crippen molar-refractivity contribution in [3.8, 4) is 11.5 Å². The van der Waals surface area contributed by atoms with Crippen molar-refractivity contribution in [3.05, 3.63) is 23.8 Å². The normalized spacial score (nSPS) is 10.1. The minimum Gasteiger partial charge on any atom is -0.496 e. The molecule has 0 aromatic heterocycles. The first-order valence-electron chi connectivity index (χ1n) is 5.24. The highest BCUT2D eigenvalue weighted by atomic mass is 16.5. The molecule has 0 aliphatic rings. The summed E-state index contributed by atoms with van der Waals surface area (Å²) in [5.41, 5.74) is 1.13. The molecular weight excluding hydrogens is 190 g/mol. The highest BCUT2D eigenvalue weighted by Crippen LogP contribution is 2.28. The Labute approximate surface area is 91.4 Å². The second kappa shape index (κ2) is 6.30. The zero-order chi connectivity index (χ0) is 11.1. The van der Waals surface area contributed by atoms with E-state index in [2.05, 4.69) is 12.2 Å². The van der Waals surface area contributed by atoms with E-state index in [0.29, 0.717) is 0 Å². The molecule has 0 unspecified atom stereocenters. The summed E-state index contributed by atoms with van der Waals surface area (Å²) in [5.74, 6) is 1.79. The molecule has 15 heavy (non-hydrogen) atoms. The van der Waals surface area contributed by atoms with Gasteiger partial charge in [-0.25, -0.2) is 0 Å². The molecule has 0 atom stereocenters. The molecule has 1 aromatic rings. The maximum absolute atomic E-state index is 5.31. The summed E-state index contributed by atoms with van der Waals surface area (Å²) < 4.78 is 10.6. The van der Waals surface area contributed by atoms with Crippen LogP contribution in [-0.4, -0.2) is 27.3 Å². The van der Waals surface area contributed by atoms with Crippen molar-refractivity contribution in [1.29, 1.82) is 0 Å². The van der Waals surface area contributed by atoms with E-state index in [0.717, 1.165) is 36.6 Å². The van der Waals surface area contributed by atoms with Gasteiger partial charge in [0.25, 0.3) is 0 Å². The minimum absolute atomic E-state index is 0.896. The van der Waals surface area contributed by atoms with Crippen LogP contribution >= 0.6 is 0 Å². The number of likely N-dealkylation sites (N-methyl/N-ethyl adjacent to an activating group) is 1. The van der Waals surface area contributed by atoms with Crippen LogP contribution in [0.5, 0.6) is 11.5 Å². The van der Waals surface area contributed by atoms with Gasteiger partial charge in [0.1, 0.15) is 11.5 Å². The standard InChI is InChI=1S/C12H19NO2/c1-4-13-9-8-10-11(14-2)6-5-7-12(10)15-3/h5-7,13H,4,8-9H2,1-3H3. The van der Waals surface area contributed by atoms with Crippen LogP contribution < -0.4 is 14.8 Å². The molecule has 0 aliphatic carbocycles. The SMILES string of the molecule is CCNCCc1c(OC)cccc1OC. The van der Waals surface area contributed by atoms with Crippen molar-refractivity contribution in [3.63, 3.8) is 0 Å². The van der Waals surface area contributed by atoms with Crippen LogP contribution in [0.1, 0.15) is 12.5 Å². The number of rotatable bonds is 6. The molecule has 1 N–H and O–H groups in total. The van der Waals surface area contributed by atoms with Gasteiger partial charge in [0.05, 0.1) is 14.2 Å². The fraction of sp³-hybridized carbons (Fsp3) is 0.500. The van der Waals surface area contributed by atoms with Crippen LogP contribution in [0.25, 0.3) is 0 Å². The second-order valence-electron chi connectivity index (χ2n) is 3.24. The quantitative estimate of drug-likeness (QED) is 0.725. The summed E-state index contributed by atoms with van der Waals surface area (Å²) in [6.45, 7) is 4.02. The number of nitrogens with one attached hydrogen (secondary N) is 1. The summed E-state index contributed by atoms with van der Waals surface area (Å²) in [5, 5.41) is 3.29. The van der Waals surface area contributed by atoms with Gasteiger partial charge in [-0.1, -0.05) is 13.0 Å². The van der Waals surface area contributed by atoms with Crippen molar-refractivity contribution in [2.45, 2.75) is 13.3 Å². The van der Waals surface area contributed by atoms with E-state index in [9.17, 15) is 0 Å². The van der Waals surface area contributed by atoms with E-state index in [1.54, 1.807) is 14.2 Å². The smallest absolute Gasteiger partial charge is 0.125 e. The Balaban J connectivity index is 2.80. The van der Waals surface area contributed by atoms with Crippen molar-refractivity contribution in [2.75, 3.05) is 27.3 Å². The third-order valence-corrected chi connectivity index (χ3v) is 2.33. The summed E-state index contributed by atoms with van der Waals surface area (Å²) in [7, 11) is 3.37. The van der Waals surface area contributed by atoms with E-state index in [1.807, 2.05) is 18.2 Å². The van der Waals surface area contributed by atoms with Crippen LogP contribution in [-0.2, 0) is 6.42 Å². The first-order valence-corrected chi connectivity index (χ1v) is 5.24. The van der Waals surface area contributed by atoms with Crippen LogP contribution in [0.2, 0.25) is 0 Å². The van der Waals surface area contributed by atoms with E-state index in [1.165, 1.54) is 0 Å². The van der Waals surface area contributed by atoms with Gasteiger partial charge in [-0.05, 0) is 31.6 Å². The van der Waals surface area contributed by atoms with Crippen molar-refractivity contribution in [1.82, 2.24) is 5.32 Å². The molecule has 0 amide bonds. The van der Waals surface area contributed by atoms with Gasteiger partial charge in [-0.15, -0.1) is 0 Å². The zero-order valence-electron chi connectivity index (χ0n) is 9.67. The van der Waals surface area contributed by atoms with E-state index in [-0.39, 0.29) is 0 Å². The summed E-state index contributed by atoms with van der Waals surface area (Å²) in [6.07, 6.45) is 0.918. The second-order valence-corrected chi connectivity index (χ2v) is 3.24. The molecular formula is C12H19NO2. The lowest BCUT2D eigenvalue weighted by Gasteiger charge is -2.12. The molecule has 3 nitrogen and oxygen atoms in total. The van der Waals surface area contributed by atoms with Gasteiger partial charge >= 0.3 is 0 Å². The molecule has 84 valence electrons. The molecule has 1 rings (SSSR count). The monoisotopic (exact) mass is 209 g/mol. The Morgan fingerprint density at radius 3 is 2.20 bits per heavy atom. The number of benzene rings is 1. The van der Waals surface area contributed by atoms with Gasteiger partial charge in [-0.2, -0.15) is 0 Å². The predicted octanol–water partition coefficient (Wildman–Crippen LogP) is 1.86. The molecule has 1 aromatic carbocycles. The van der Waals surface area contributed by atoms with Crippen LogP contribution in [0.3, 0.4) is 0 Å². The third-order valence-electron chi connectivity index (χ3n) is 2.33. The Bertz CT molecular complexity index is 277. The molecule has 0 aliphatic heterocycles. The summed E-state index contributed by atoms with van der Waals surface area (Å²) >= 11 is 0. The van der Waals surface area contributed by atoms with Crippen molar-refractivity contribution < 1.29 is 9.47 Å². The first-order chi connectivity index (χ1) is 7.33. The molecule has 0 spiro atoms. The average molecular weight is 209 g/mol. The summed E-state index contributed by atoms with van der Waals surface area (Å²) in [4.78, 5) is 0. The highest BCUT2D eigenvalue weighted by Gasteiger charge is 2.08. The lowest BCUT2D eigenvalue weighted by Crippen LogP contribution is -2.16. The Kier molecular flexibility index (Phi) is 4.98. The number of hydrogen-bond donors (Lipinski definition) is 1. The van der Waals surface area contributed by atoms with Crippen LogP contribution in [0.15, 0.2) is 18.2 Å². The predicted molar refractivity (Wildman–Crippen MR) is 61.8 cm³/mol. The largest absolute Gasteiger partial charge is 0.496 e. The minimum atomic E-state index is 0.896. The van der Waals surface area contributed by atoms with Crippen LogP contribution in [0, 0.1) is 0 Å². The number of ether oxygens (including phenoxy) is 2. The Hall–Kier alpha value is -1.22. The lowest BCUT2D eigenvalue weighted by molar-refractivity contribution is 0.384. The van der Waals surface area contributed by atoms with Crippen molar-refractivity contribution >= 4 is 0 Å². The molecule has 0 heterocycles. The summed E-state index contributed by atoms with van der Waals surface area (Å²) in [6, 6.07) is 5.86. The zero-order valence-corrected chi connectivity index (χ0v) is 9.67. The maximum atomic E-state index is 5.31. The van der Waals surface area contributed by atoms with Gasteiger partial charge in [0.2, 0.25) is 0 Å². The first kappa shape index (κ1) is 11.9. The lowest BCUT2D eigenvalue weighted by atomic mass is 10.1. The van der Waals surface area contributed by atoms with E-state index < -0.39 is 0 Å². The van der Waals surface area contributed by atoms with E-state index in [4.69, 9.17) is 9.47 Å². The Morgan fingerprint density at radius 2 is 1.73 bits per heavy atom. The average Bonchev–Trinajstić information content (AvgIpc) is 2.29. The third kappa shape index (κ3) is 3.13. The van der Waals surface area contributed by atoms with Gasteiger partial charge < -0.3 is 14.8 Å². The maximum Gasteiger partial charge on any atom is 0.125 e. The topological polar surface area (TPSA) is 30.5 Å². The number of methoxy groups -OCH3 is 2. The fourth-order valence-electron chi connectivity index (χ4n) is 1.56. The number of hydrogen-bond acceptors (Lipinski definition) is 3. The molecule has 3 heteroatoms. The molecule has 0 saturated heterocycles. The van der Waals surface area contributed by atoms with Gasteiger partial charge in [0, 0.05) is 5.56 Å². The molecule has 0 saturated carbocycles. The van der Waals surface area contributed by atoms with E-state index >= 15 is 0 Å². The van der Waals surface area contributed by atoms with Crippen molar-refractivity contribution in [2.24, 2.45) is 0 Å². The van der Waals surface area contributed by atoms with Gasteiger partial charge in [-0.3, -0.25) is 0 Å². The fourth-order valence-corrected chi connectivity index (χ4v) is 1.56. The molecule has 0 bridgehead atoms. The Morgan fingerprint density at radius 1 is 1.13 bits per heavy atom.